The van der Waals surface area contributed by atoms with Crippen LogP contribution in [0.2, 0.25) is 0 Å². The Labute approximate surface area is 266 Å². The van der Waals surface area contributed by atoms with Crippen molar-refractivity contribution in [2.75, 3.05) is 26.0 Å². The first-order valence-electron chi connectivity index (χ1n) is 14.7. The van der Waals surface area contributed by atoms with E-state index in [4.69, 9.17) is 4.74 Å². The summed E-state index contributed by atoms with van der Waals surface area (Å²) in [5.74, 6) is -1.32. The van der Waals surface area contributed by atoms with Crippen LogP contribution in [0.5, 0.6) is 5.75 Å². The maximum atomic E-state index is 15.0. The van der Waals surface area contributed by atoms with Crippen LogP contribution in [0.4, 0.5) is 17.6 Å². The molecular formula is C35H36F4N2O4S. The van der Waals surface area contributed by atoms with E-state index in [1.165, 1.54) is 19.1 Å². The quantitative estimate of drug-likeness (QED) is 0.117. The maximum absolute atomic E-state index is 15.0. The van der Waals surface area contributed by atoms with Crippen LogP contribution in [-0.4, -0.2) is 45.2 Å². The average Bonchev–Trinajstić information content (AvgIpc) is 3.01. The van der Waals surface area contributed by atoms with Gasteiger partial charge in [-0.15, -0.1) is 0 Å². The molecule has 4 aromatic rings. The predicted molar refractivity (Wildman–Crippen MR) is 169 cm³/mol. The molecule has 4 rings (SSSR count). The maximum Gasteiger partial charge on any atom is 0.416 e. The summed E-state index contributed by atoms with van der Waals surface area (Å²) in [4.78, 5) is 13.1. The number of ether oxygens (including phenoxy) is 1. The van der Waals surface area contributed by atoms with E-state index in [0.29, 0.717) is 25.1 Å². The number of rotatable bonds is 14. The molecule has 0 aromatic heterocycles. The second kappa shape index (κ2) is 15.4. The van der Waals surface area contributed by atoms with E-state index in [-0.39, 0.29) is 41.8 Å². The zero-order chi connectivity index (χ0) is 33.3. The molecule has 0 aliphatic rings. The highest BCUT2D eigenvalue weighted by Gasteiger charge is 2.30. The van der Waals surface area contributed by atoms with Gasteiger partial charge in [0.1, 0.15) is 11.6 Å². The van der Waals surface area contributed by atoms with Crippen molar-refractivity contribution >= 4 is 15.7 Å². The summed E-state index contributed by atoms with van der Waals surface area (Å²) in [6.45, 7) is 2.20. The van der Waals surface area contributed by atoms with Gasteiger partial charge in [0.25, 0.3) is 0 Å². The van der Waals surface area contributed by atoms with Crippen LogP contribution in [0.3, 0.4) is 0 Å². The van der Waals surface area contributed by atoms with Crippen LogP contribution in [0.25, 0.3) is 0 Å². The van der Waals surface area contributed by atoms with Gasteiger partial charge in [-0.3, -0.25) is 9.69 Å². The minimum absolute atomic E-state index is 0.0142. The molecule has 1 N–H and O–H groups in total. The molecule has 0 atom stereocenters. The number of nitrogens with one attached hydrogen (secondary N) is 1. The molecule has 0 bridgehead atoms. The lowest BCUT2D eigenvalue weighted by molar-refractivity contribution is -0.137. The van der Waals surface area contributed by atoms with Crippen molar-refractivity contribution in [2.45, 2.75) is 43.4 Å². The number of amides is 1. The number of carbonyl (C=O) groups excluding carboxylic acids is 1. The first-order chi connectivity index (χ1) is 21.8. The Hall–Kier alpha value is -4.22. The van der Waals surface area contributed by atoms with Gasteiger partial charge < -0.3 is 10.1 Å². The molecule has 0 saturated carbocycles. The lowest BCUT2D eigenvalue weighted by Gasteiger charge is -2.29. The van der Waals surface area contributed by atoms with Crippen LogP contribution >= 0.6 is 0 Å². The van der Waals surface area contributed by atoms with Crippen LogP contribution in [0.15, 0.2) is 102 Å². The Morgan fingerprint density at radius 2 is 1.54 bits per heavy atom. The summed E-state index contributed by atoms with van der Waals surface area (Å²) in [5, 5.41) is 2.42. The second-order valence-electron chi connectivity index (χ2n) is 11.1. The zero-order valence-corrected chi connectivity index (χ0v) is 26.4. The fraction of sp³-hybridized carbons (Fsp3) is 0.286. The Kier molecular flexibility index (Phi) is 11.6. The average molecular weight is 657 g/mol. The Bertz CT molecular complexity index is 1680. The summed E-state index contributed by atoms with van der Waals surface area (Å²) in [5.41, 5.74) is 1.74. The molecule has 0 heterocycles. The fourth-order valence-electron chi connectivity index (χ4n) is 5.24. The largest absolute Gasteiger partial charge is 0.493 e. The highest BCUT2D eigenvalue weighted by Crippen LogP contribution is 2.31. The molecule has 0 fully saturated rings. The SMILES string of the molecule is CC(=O)NCc1c(F)cc(OCCCN(Cc2cccc(C(F)(F)F)c2)CC(c2ccccc2)c2ccccc2)cc1S(C)(=O)=O. The molecule has 11 heteroatoms. The van der Waals surface area contributed by atoms with Crippen LogP contribution in [0, 0.1) is 5.82 Å². The molecule has 1 amide bonds. The summed E-state index contributed by atoms with van der Waals surface area (Å²) >= 11 is 0. The van der Waals surface area contributed by atoms with Crippen molar-refractivity contribution in [3.63, 3.8) is 0 Å². The summed E-state index contributed by atoms with van der Waals surface area (Å²) < 4.78 is 86.0. The molecule has 244 valence electrons. The number of alkyl halides is 3. The number of hydrogen-bond acceptors (Lipinski definition) is 5. The molecule has 0 aliphatic carbocycles. The topological polar surface area (TPSA) is 75.7 Å². The molecule has 6 nitrogen and oxygen atoms in total. The Morgan fingerprint density at radius 1 is 0.913 bits per heavy atom. The van der Waals surface area contributed by atoms with Gasteiger partial charge >= 0.3 is 6.18 Å². The summed E-state index contributed by atoms with van der Waals surface area (Å²) in [7, 11) is -3.84. The third-order valence-electron chi connectivity index (χ3n) is 7.43. The normalized spacial score (nSPS) is 12.0. The van der Waals surface area contributed by atoms with E-state index >= 15 is 0 Å². The number of benzene rings is 4. The van der Waals surface area contributed by atoms with Gasteiger partial charge in [0.05, 0.1) is 17.1 Å². The van der Waals surface area contributed by atoms with E-state index in [9.17, 15) is 30.8 Å². The summed E-state index contributed by atoms with van der Waals surface area (Å²) in [6, 6.07) is 27.3. The third kappa shape index (κ3) is 9.89. The minimum Gasteiger partial charge on any atom is -0.493 e. The van der Waals surface area contributed by atoms with Gasteiger partial charge in [0, 0.05) is 56.9 Å². The van der Waals surface area contributed by atoms with Gasteiger partial charge in [-0.2, -0.15) is 13.2 Å². The number of halogens is 4. The number of carbonyl (C=O) groups is 1. The Balaban J connectivity index is 1.55. The molecule has 46 heavy (non-hydrogen) atoms. The van der Waals surface area contributed by atoms with Gasteiger partial charge in [0.2, 0.25) is 5.91 Å². The zero-order valence-electron chi connectivity index (χ0n) is 25.6. The predicted octanol–water partition coefficient (Wildman–Crippen LogP) is 6.99. The molecule has 0 unspecified atom stereocenters. The smallest absolute Gasteiger partial charge is 0.416 e. The molecule has 0 saturated heterocycles. The molecular weight excluding hydrogens is 620 g/mol. The van der Waals surface area contributed by atoms with E-state index in [1.54, 1.807) is 6.07 Å². The van der Waals surface area contributed by atoms with Crippen molar-refractivity contribution in [3.05, 3.63) is 131 Å². The van der Waals surface area contributed by atoms with Gasteiger partial charge in [-0.05, 0) is 35.2 Å². The number of sulfone groups is 1. The van der Waals surface area contributed by atoms with Crippen LogP contribution in [-0.2, 0) is 33.9 Å². The van der Waals surface area contributed by atoms with E-state index in [2.05, 4.69) is 10.2 Å². The Morgan fingerprint density at radius 3 is 2.11 bits per heavy atom. The van der Waals surface area contributed by atoms with Crippen molar-refractivity contribution in [3.8, 4) is 5.75 Å². The first kappa shape index (κ1) is 34.6. The van der Waals surface area contributed by atoms with Crippen molar-refractivity contribution in [1.82, 2.24) is 10.2 Å². The van der Waals surface area contributed by atoms with E-state index in [1.807, 2.05) is 60.7 Å². The first-order valence-corrected chi connectivity index (χ1v) is 16.6. The highest BCUT2D eigenvalue weighted by atomic mass is 32.2. The second-order valence-corrected chi connectivity index (χ2v) is 13.1. The highest BCUT2D eigenvalue weighted by molar-refractivity contribution is 7.90. The lowest BCUT2D eigenvalue weighted by Crippen LogP contribution is -2.31. The molecule has 0 radical (unpaired) electrons. The lowest BCUT2D eigenvalue weighted by atomic mass is 9.90. The van der Waals surface area contributed by atoms with Crippen LogP contribution in [0.1, 0.15) is 47.1 Å². The van der Waals surface area contributed by atoms with Crippen molar-refractivity contribution < 1.29 is 35.5 Å². The molecule has 4 aromatic carbocycles. The standard InChI is InChI=1S/C35H36F4N2O4S/c1-25(42)40-22-31-33(36)20-30(21-34(31)46(2,43)44)45-18-10-17-41(23-26-11-9-16-29(19-26)35(37,38)39)24-32(27-12-5-3-6-13-27)28-14-7-4-8-15-28/h3-9,11-16,19-21,32H,10,17-18,22-24H2,1-2H3,(H,40,42). The van der Waals surface area contributed by atoms with Gasteiger partial charge in [-0.1, -0.05) is 78.9 Å². The minimum atomic E-state index is -4.47. The number of hydrogen-bond donors (Lipinski definition) is 1. The monoisotopic (exact) mass is 656 g/mol. The van der Waals surface area contributed by atoms with Crippen LogP contribution < -0.4 is 10.1 Å². The molecule has 0 aliphatic heterocycles. The van der Waals surface area contributed by atoms with E-state index < -0.39 is 33.3 Å². The summed E-state index contributed by atoms with van der Waals surface area (Å²) in [6.07, 6.45) is -3.10. The fourth-order valence-corrected chi connectivity index (χ4v) is 6.18. The van der Waals surface area contributed by atoms with Gasteiger partial charge in [0.15, 0.2) is 9.84 Å². The van der Waals surface area contributed by atoms with Crippen molar-refractivity contribution in [2.24, 2.45) is 0 Å². The van der Waals surface area contributed by atoms with Crippen molar-refractivity contribution in [1.29, 1.82) is 0 Å². The number of nitrogens with zero attached hydrogens (tertiary/aromatic N) is 1. The molecule has 0 spiro atoms. The van der Waals surface area contributed by atoms with E-state index in [0.717, 1.165) is 35.6 Å². The van der Waals surface area contributed by atoms with Gasteiger partial charge in [-0.25, -0.2) is 12.8 Å². The third-order valence-corrected chi connectivity index (χ3v) is 8.60.